The van der Waals surface area contributed by atoms with Crippen molar-refractivity contribution in [3.63, 3.8) is 0 Å². The molecule has 25 heavy (non-hydrogen) atoms. The van der Waals surface area contributed by atoms with Gasteiger partial charge in [0.1, 0.15) is 0 Å². The number of nitrogens with one attached hydrogen (secondary N) is 3. The molecule has 8 heteroatoms. The lowest BCUT2D eigenvalue weighted by molar-refractivity contribution is -0.128. The molecular formula is C17H25N3O4S. The second-order valence-electron chi connectivity index (χ2n) is 7.23. The van der Waals surface area contributed by atoms with Gasteiger partial charge in [0, 0.05) is 30.1 Å². The minimum absolute atomic E-state index is 0.0228. The van der Waals surface area contributed by atoms with Gasteiger partial charge in [-0.2, -0.15) is 0 Å². The zero-order chi connectivity index (χ0) is 18.7. The third kappa shape index (κ3) is 6.13. The van der Waals surface area contributed by atoms with Crippen LogP contribution >= 0.6 is 0 Å². The Morgan fingerprint density at radius 3 is 2.48 bits per heavy atom. The van der Waals surface area contributed by atoms with Gasteiger partial charge in [-0.1, -0.05) is 26.8 Å². The Morgan fingerprint density at radius 1 is 1.20 bits per heavy atom. The third-order valence-electron chi connectivity index (χ3n) is 3.65. The van der Waals surface area contributed by atoms with Gasteiger partial charge in [-0.25, -0.2) is 13.1 Å². The molecule has 1 aromatic rings. The minimum Gasteiger partial charge on any atom is -0.355 e. The van der Waals surface area contributed by atoms with E-state index >= 15 is 0 Å². The topological polar surface area (TPSA) is 104 Å². The summed E-state index contributed by atoms with van der Waals surface area (Å²) < 4.78 is 27.0. The molecule has 0 atom stereocenters. The highest BCUT2D eigenvalue weighted by molar-refractivity contribution is 7.89. The van der Waals surface area contributed by atoms with Gasteiger partial charge >= 0.3 is 0 Å². The minimum atomic E-state index is -3.56. The molecule has 0 aromatic heterocycles. The number of anilines is 1. The molecule has 1 aromatic carbocycles. The highest BCUT2D eigenvalue weighted by Gasteiger charge is 2.28. The summed E-state index contributed by atoms with van der Waals surface area (Å²) in [6, 6.07) is 6.15. The Labute approximate surface area is 148 Å². The highest BCUT2D eigenvalue weighted by Crippen LogP contribution is 2.23. The molecule has 1 aliphatic rings. The van der Waals surface area contributed by atoms with Crippen LogP contribution in [0.25, 0.3) is 0 Å². The van der Waals surface area contributed by atoms with E-state index in [1.165, 1.54) is 12.1 Å². The molecule has 138 valence electrons. The summed E-state index contributed by atoms with van der Waals surface area (Å²) >= 11 is 0. The quantitative estimate of drug-likeness (QED) is 0.681. The maximum atomic E-state index is 12.2. The molecule has 2 rings (SSSR count). The standard InChI is InChI=1S/C17H25N3O4S/c1-17(2,3)16(22)18-10-9-15(21)19-13-5-4-6-14(11-13)25(23,24)20-12-7-8-12/h4-6,11-12,20H,7-10H2,1-3H3,(H,18,22)(H,19,21). The highest BCUT2D eigenvalue weighted by atomic mass is 32.2. The summed E-state index contributed by atoms with van der Waals surface area (Å²) in [4.78, 5) is 23.8. The van der Waals surface area contributed by atoms with Gasteiger partial charge in [0.15, 0.2) is 0 Å². The number of rotatable bonds is 7. The Bertz CT molecular complexity index is 749. The average molecular weight is 367 g/mol. The van der Waals surface area contributed by atoms with E-state index in [2.05, 4.69) is 15.4 Å². The monoisotopic (exact) mass is 367 g/mol. The van der Waals surface area contributed by atoms with Gasteiger partial charge in [0.2, 0.25) is 21.8 Å². The SMILES string of the molecule is CC(C)(C)C(=O)NCCC(=O)Nc1cccc(S(=O)(=O)NC2CC2)c1. The molecule has 0 aliphatic heterocycles. The van der Waals surface area contributed by atoms with E-state index in [-0.39, 0.29) is 35.7 Å². The van der Waals surface area contributed by atoms with Gasteiger partial charge in [-0.05, 0) is 31.0 Å². The van der Waals surface area contributed by atoms with Crippen LogP contribution in [0, 0.1) is 5.41 Å². The molecule has 0 spiro atoms. The van der Waals surface area contributed by atoms with Crippen molar-refractivity contribution in [1.29, 1.82) is 0 Å². The third-order valence-corrected chi connectivity index (χ3v) is 5.16. The Hall–Kier alpha value is -1.93. The van der Waals surface area contributed by atoms with Crippen LogP contribution in [0.2, 0.25) is 0 Å². The maximum Gasteiger partial charge on any atom is 0.240 e. The molecule has 0 unspecified atom stereocenters. The number of sulfonamides is 1. The fourth-order valence-corrected chi connectivity index (χ4v) is 3.36. The van der Waals surface area contributed by atoms with Crippen LogP contribution in [0.5, 0.6) is 0 Å². The Morgan fingerprint density at radius 2 is 1.88 bits per heavy atom. The van der Waals surface area contributed by atoms with Crippen LogP contribution in [0.4, 0.5) is 5.69 Å². The summed E-state index contributed by atoms with van der Waals surface area (Å²) in [5.74, 6) is -0.418. The lowest BCUT2D eigenvalue weighted by Gasteiger charge is -2.17. The Balaban J connectivity index is 1.88. The van der Waals surface area contributed by atoms with Crippen molar-refractivity contribution in [1.82, 2.24) is 10.0 Å². The number of hydrogen-bond donors (Lipinski definition) is 3. The van der Waals surface area contributed by atoms with E-state index in [0.717, 1.165) is 12.8 Å². The summed E-state index contributed by atoms with van der Waals surface area (Å²) in [7, 11) is -3.56. The molecular weight excluding hydrogens is 342 g/mol. The first kappa shape index (κ1) is 19.4. The van der Waals surface area contributed by atoms with Crippen molar-refractivity contribution in [3.05, 3.63) is 24.3 Å². The van der Waals surface area contributed by atoms with Crippen molar-refractivity contribution < 1.29 is 18.0 Å². The summed E-state index contributed by atoms with van der Waals surface area (Å²) in [6.45, 7) is 5.61. The van der Waals surface area contributed by atoms with E-state index in [4.69, 9.17) is 0 Å². The van der Waals surface area contributed by atoms with Crippen molar-refractivity contribution >= 4 is 27.5 Å². The van der Waals surface area contributed by atoms with Gasteiger partial charge in [0.25, 0.3) is 0 Å². The fourth-order valence-electron chi connectivity index (χ4n) is 2.01. The van der Waals surface area contributed by atoms with E-state index < -0.39 is 15.4 Å². The second-order valence-corrected chi connectivity index (χ2v) is 8.94. The van der Waals surface area contributed by atoms with Gasteiger partial charge in [-0.15, -0.1) is 0 Å². The first-order valence-corrected chi connectivity index (χ1v) is 9.77. The molecule has 1 aliphatic carbocycles. The van der Waals surface area contributed by atoms with Crippen LogP contribution in [0.3, 0.4) is 0 Å². The summed E-state index contributed by atoms with van der Waals surface area (Å²) in [6.07, 6.45) is 1.82. The van der Waals surface area contributed by atoms with E-state index in [0.29, 0.717) is 5.69 Å². The molecule has 2 amide bonds. The normalized spacial score (nSPS) is 14.8. The fraction of sp³-hybridized carbons (Fsp3) is 0.529. The smallest absolute Gasteiger partial charge is 0.240 e. The predicted octanol–water partition coefficient (Wildman–Crippen LogP) is 1.62. The van der Waals surface area contributed by atoms with Crippen LogP contribution < -0.4 is 15.4 Å². The molecule has 3 N–H and O–H groups in total. The van der Waals surface area contributed by atoms with Gasteiger partial charge < -0.3 is 10.6 Å². The molecule has 1 saturated carbocycles. The molecule has 7 nitrogen and oxygen atoms in total. The van der Waals surface area contributed by atoms with E-state index in [9.17, 15) is 18.0 Å². The van der Waals surface area contributed by atoms with E-state index in [1.54, 1.807) is 32.9 Å². The first-order valence-electron chi connectivity index (χ1n) is 8.28. The van der Waals surface area contributed by atoms with E-state index in [1.807, 2.05) is 0 Å². The van der Waals surface area contributed by atoms with Crippen molar-refractivity contribution in [3.8, 4) is 0 Å². The van der Waals surface area contributed by atoms with Crippen molar-refractivity contribution in [2.75, 3.05) is 11.9 Å². The number of carbonyl (C=O) groups excluding carboxylic acids is 2. The average Bonchev–Trinajstić information content (AvgIpc) is 3.29. The summed E-state index contributed by atoms with van der Waals surface area (Å²) in [5.41, 5.74) is -0.0981. The van der Waals surface area contributed by atoms with Crippen LogP contribution in [0.1, 0.15) is 40.0 Å². The number of hydrogen-bond acceptors (Lipinski definition) is 4. The lowest BCUT2D eigenvalue weighted by Crippen LogP contribution is -2.36. The molecule has 0 radical (unpaired) electrons. The first-order chi connectivity index (χ1) is 11.6. The van der Waals surface area contributed by atoms with Gasteiger partial charge in [-0.3, -0.25) is 9.59 Å². The summed E-state index contributed by atoms with van der Waals surface area (Å²) in [5, 5.41) is 5.35. The number of carbonyl (C=O) groups is 2. The van der Waals surface area contributed by atoms with Crippen LogP contribution in [-0.2, 0) is 19.6 Å². The zero-order valence-corrected chi connectivity index (χ0v) is 15.6. The predicted molar refractivity (Wildman–Crippen MR) is 95.5 cm³/mol. The molecule has 0 bridgehead atoms. The Kier molecular flexibility index (Phi) is 5.84. The maximum absolute atomic E-state index is 12.2. The van der Waals surface area contributed by atoms with Crippen molar-refractivity contribution in [2.24, 2.45) is 5.41 Å². The van der Waals surface area contributed by atoms with Gasteiger partial charge in [0.05, 0.1) is 4.90 Å². The second kappa shape index (κ2) is 7.53. The number of amides is 2. The molecule has 0 saturated heterocycles. The number of benzene rings is 1. The lowest BCUT2D eigenvalue weighted by atomic mass is 9.96. The molecule has 0 heterocycles. The van der Waals surface area contributed by atoms with Crippen molar-refractivity contribution in [2.45, 2.75) is 51.0 Å². The molecule has 1 fully saturated rings. The van der Waals surface area contributed by atoms with Crippen LogP contribution in [0.15, 0.2) is 29.2 Å². The zero-order valence-electron chi connectivity index (χ0n) is 14.8. The largest absolute Gasteiger partial charge is 0.355 e. The van der Waals surface area contributed by atoms with Crippen LogP contribution in [-0.4, -0.2) is 32.8 Å².